The number of amides is 2. The SMILES string of the molecule is CN(C(=O)CNC(=O)c1ccc(-c2ccc3nc(Cc4cccnc4)[nH]c3c2)o1)C1CCCCC1. The molecule has 0 aliphatic heterocycles. The standard InChI is InChI=1S/C27H29N5O3/c1-32(20-7-3-2-4-8-20)26(33)17-29-27(34)24-12-11-23(35-24)19-9-10-21-22(15-19)31-25(30-21)14-18-6-5-13-28-16-18/h5-6,9-13,15-16,20H,2-4,7-8,14,17H2,1H3,(H,29,34)(H,30,31). The van der Waals surface area contributed by atoms with Crippen LogP contribution in [0.1, 0.15) is 54.0 Å². The van der Waals surface area contributed by atoms with E-state index >= 15 is 0 Å². The molecule has 8 heteroatoms. The first kappa shape index (κ1) is 22.8. The Morgan fingerprint density at radius 2 is 2.00 bits per heavy atom. The Morgan fingerprint density at radius 1 is 1.14 bits per heavy atom. The van der Waals surface area contributed by atoms with Gasteiger partial charge in [0.25, 0.3) is 5.91 Å². The first-order chi connectivity index (χ1) is 17.1. The molecule has 4 aromatic rings. The average molecular weight is 472 g/mol. The van der Waals surface area contributed by atoms with Crippen molar-refractivity contribution in [1.82, 2.24) is 25.2 Å². The maximum Gasteiger partial charge on any atom is 0.287 e. The molecule has 1 aliphatic carbocycles. The van der Waals surface area contributed by atoms with Crippen LogP contribution in [-0.2, 0) is 11.2 Å². The quantitative estimate of drug-likeness (QED) is 0.418. The van der Waals surface area contributed by atoms with Crippen molar-refractivity contribution in [2.45, 2.75) is 44.6 Å². The van der Waals surface area contributed by atoms with Gasteiger partial charge in [0.1, 0.15) is 11.6 Å². The zero-order chi connectivity index (χ0) is 24.2. The maximum atomic E-state index is 12.6. The van der Waals surface area contributed by atoms with E-state index in [2.05, 4.69) is 20.3 Å². The summed E-state index contributed by atoms with van der Waals surface area (Å²) in [6.45, 7) is -0.0400. The number of furan rings is 1. The fourth-order valence-corrected chi connectivity index (χ4v) is 4.65. The highest BCUT2D eigenvalue weighted by atomic mass is 16.3. The second-order valence-corrected chi connectivity index (χ2v) is 9.10. The highest BCUT2D eigenvalue weighted by Crippen LogP contribution is 2.26. The molecule has 3 heterocycles. The highest BCUT2D eigenvalue weighted by molar-refractivity contribution is 5.94. The Morgan fingerprint density at radius 3 is 2.80 bits per heavy atom. The number of carbonyl (C=O) groups is 2. The van der Waals surface area contributed by atoms with Crippen LogP contribution in [0.3, 0.4) is 0 Å². The molecule has 1 aliphatic rings. The summed E-state index contributed by atoms with van der Waals surface area (Å²) in [6, 6.07) is 13.4. The molecule has 180 valence electrons. The van der Waals surface area contributed by atoms with Gasteiger partial charge in [0.05, 0.1) is 17.6 Å². The Bertz CT molecular complexity index is 1320. The summed E-state index contributed by atoms with van der Waals surface area (Å²) in [5.41, 5.74) is 3.66. The number of H-pyrrole nitrogens is 1. The number of likely N-dealkylation sites (N-methyl/N-ethyl adjacent to an activating group) is 1. The lowest BCUT2D eigenvalue weighted by Gasteiger charge is -2.31. The number of aromatic nitrogens is 3. The van der Waals surface area contributed by atoms with E-state index in [0.717, 1.165) is 53.7 Å². The van der Waals surface area contributed by atoms with Gasteiger partial charge in [-0.2, -0.15) is 0 Å². The third-order valence-electron chi connectivity index (χ3n) is 6.66. The third-order valence-corrected chi connectivity index (χ3v) is 6.66. The molecule has 1 saturated carbocycles. The van der Waals surface area contributed by atoms with E-state index in [-0.39, 0.29) is 24.3 Å². The molecule has 0 bridgehead atoms. The van der Waals surface area contributed by atoms with Gasteiger partial charge in [-0.25, -0.2) is 4.98 Å². The van der Waals surface area contributed by atoms with Crippen LogP contribution in [0.25, 0.3) is 22.4 Å². The predicted octanol–water partition coefficient (Wildman–Crippen LogP) is 4.33. The number of benzene rings is 1. The third kappa shape index (κ3) is 5.26. The molecule has 2 amide bonds. The van der Waals surface area contributed by atoms with Crippen LogP contribution in [0.2, 0.25) is 0 Å². The summed E-state index contributed by atoms with van der Waals surface area (Å²) in [5.74, 6) is 1.13. The van der Waals surface area contributed by atoms with Crippen molar-refractivity contribution in [2.24, 2.45) is 0 Å². The molecule has 3 aromatic heterocycles. The number of fused-ring (bicyclic) bond motifs is 1. The van der Waals surface area contributed by atoms with Crippen LogP contribution in [0, 0.1) is 0 Å². The number of rotatable bonds is 7. The van der Waals surface area contributed by atoms with Crippen molar-refractivity contribution in [3.8, 4) is 11.3 Å². The summed E-state index contributed by atoms with van der Waals surface area (Å²) in [4.78, 5) is 39.0. The lowest BCUT2D eigenvalue weighted by molar-refractivity contribution is -0.131. The molecule has 1 fully saturated rings. The van der Waals surface area contributed by atoms with Crippen molar-refractivity contribution in [3.63, 3.8) is 0 Å². The van der Waals surface area contributed by atoms with Gasteiger partial charge in [-0.15, -0.1) is 0 Å². The Hall–Kier alpha value is -3.94. The minimum absolute atomic E-state index is 0.0400. The van der Waals surface area contributed by atoms with Crippen molar-refractivity contribution >= 4 is 22.8 Å². The molecule has 2 N–H and O–H groups in total. The zero-order valence-electron chi connectivity index (χ0n) is 19.8. The normalized spacial score (nSPS) is 14.2. The van der Waals surface area contributed by atoms with Crippen LogP contribution >= 0.6 is 0 Å². The Balaban J connectivity index is 1.22. The van der Waals surface area contributed by atoms with Gasteiger partial charge in [-0.1, -0.05) is 25.3 Å². The molecule has 8 nitrogen and oxygen atoms in total. The molecular formula is C27H29N5O3. The highest BCUT2D eigenvalue weighted by Gasteiger charge is 2.23. The number of nitrogens with one attached hydrogen (secondary N) is 2. The Labute approximate surface area is 203 Å². The van der Waals surface area contributed by atoms with Crippen molar-refractivity contribution < 1.29 is 14.0 Å². The molecule has 1 aromatic carbocycles. The fourth-order valence-electron chi connectivity index (χ4n) is 4.65. The largest absolute Gasteiger partial charge is 0.451 e. The van der Waals surface area contributed by atoms with E-state index in [0.29, 0.717) is 12.2 Å². The van der Waals surface area contributed by atoms with Gasteiger partial charge in [0, 0.05) is 37.5 Å². The second-order valence-electron chi connectivity index (χ2n) is 9.10. The van der Waals surface area contributed by atoms with Crippen molar-refractivity contribution in [2.75, 3.05) is 13.6 Å². The lowest BCUT2D eigenvalue weighted by atomic mass is 9.94. The van der Waals surface area contributed by atoms with E-state index in [4.69, 9.17) is 4.42 Å². The number of imidazole rings is 1. The summed E-state index contributed by atoms with van der Waals surface area (Å²) in [5, 5.41) is 2.69. The zero-order valence-corrected chi connectivity index (χ0v) is 19.8. The maximum absolute atomic E-state index is 12.6. The molecule has 0 saturated heterocycles. The number of aromatic amines is 1. The molecule has 5 rings (SSSR count). The van der Waals surface area contributed by atoms with E-state index in [1.165, 1.54) is 6.42 Å². The van der Waals surface area contributed by atoms with Gasteiger partial charge in [-0.3, -0.25) is 14.6 Å². The second kappa shape index (κ2) is 10.1. The smallest absolute Gasteiger partial charge is 0.287 e. The summed E-state index contributed by atoms with van der Waals surface area (Å²) >= 11 is 0. The van der Waals surface area contributed by atoms with Gasteiger partial charge in [-0.05, 0) is 54.8 Å². The van der Waals surface area contributed by atoms with Crippen LogP contribution in [-0.4, -0.2) is 51.3 Å². The number of nitrogens with zero attached hydrogens (tertiary/aromatic N) is 3. The van der Waals surface area contributed by atoms with Gasteiger partial charge in [0.2, 0.25) is 5.91 Å². The lowest BCUT2D eigenvalue weighted by Crippen LogP contribution is -2.44. The summed E-state index contributed by atoms with van der Waals surface area (Å²) in [7, 11) is 1.82. The minimum atomic E-state index is -0.400. The molecule has 0 atom stereocenters. The number of hydrogen-bond acceptors (Lipinski definition) is 5. The summed E-state index contributed by atoms with van der Waals surface area (Å²) < 4.78 is 5.81. The molecule has 0 unspecified atom stereocenters. The fraction of sp³-hybridized carbons (Fsp3) is 0.333. The van der Waals surface area contributed by atoms with E-state index in [1.54, 1.807) is 23.2 Å². The topological polar surface area (TPSA) is 104 Å². The van der Waals surface area contributed by atoms with Gasteiger partial charge < -0.3 is 19.6 Å². The van der Waals surface area contributed by atoms with Crippen molar-refractivity contribution in [1.29, 1.82) is 0 Å². The molecule has 0 spiro atoms. The number of hydrogen-bond donors (Lipinski definition) is 2. The first-order valence-electron chi connectivity index (χ1n) is 12.1. The van der Waals surface area contributed by atoms with E-state index < -0.39 is 5.91 Å². The predicted molar refractivity (Wildman–Crippen MR) is 133 cm³/mol. The minimum Gasteiger partial charge on any atom is -0.451 e. The average Bonchev–Trinajstić information content (AvgIpc) is 3.54. The number of pyridine rings is 1. The van der Waals surface area contributed by atoms with Crippen LogP contribution in [0.4, 0.5) is 0 Å². The van der Waals surface area contributed by atoms with Crippen LogP contribution in [0.5, 0.6) is 0 Å². The monoisotopic (exact) mass is 471 g/mol. The van der Waals surface area contributed by atoms with Gasteiger partial charge >= 0.3 is 0 Å². The molecule has 0 radical (unpaired) electrons. The van der Waals surface area contributed by atoms with E-state index in [9.17, 15) is 9.59 Å². The Kier molecular flexibility index (Phi) is 6.61. The first-order valence-corrected chi connectivity index (χ1v) is 12.1. The van der Waals surface area contributed by atoms with Crippen LogP contribution in [0.15, 0.2) is 59.3 Å². The van der Waals surface area contributed by atoms with Crippen LogP contribution < -0.4 is 5.32 Å². The van der Waals surface area contributed by atoms with E-state index in [1.807, 2.05) is 43.6 Å². The molecular weight excluding hydrogens is 442 g/mol. The van der Waals surface area contributed by atoms with Gasteiger partial charge in [0.15, 0.2) is 5.76 Å². The molecule has 35 heavy (non-hydrogen) atoms. The summed E-state index contributed by atoms with van der Waals surface area (Å²) in [6.07, 6.45) is 9.84. The van der Waals surface area contributed by atoms with Crippen molar-refractivity contribution in [3.05, 3.63) is 72.0 Å². The number of carbonyl (C=O) groups excluding carboxylic acids is 2.